The van der Waals surface area contributed by atoms with Crippen molar-refractivity contribution in [2.75, 3.05) is 0 Å². The van der Waals surface area contributed by atoms with Crippen molar-refractivity contribution < 1.29 is 9.90 Å². The number of aryl methyl sites for hydroxylation is 1. The first-order valence-corrected chi connectivity index (χ1v) is 6.48. The molecule has 100 valence electrons. The Morgan fingerprint density at radius 2 is 2.37 bits per heavy atom. The molecule has 0 radical (unpaired) electrons. The lowest BCUT2D eigenvalue weighted by Gasteiger charge is -2.07. The van der Waals surface area contributed by atoms with Gasteiger partial charge in [-0.2, -0.15) is 0 Å². The first-order valence-electron chi connectivity index (χ1n) is 5.69. The van der Waals surface area contributed by atoms with Gasteiger partial charge in [-0.25, -0.2) is 4.68 Å². The van der Waals surface area contributed by atoms with Crippen molar-refractivity contribution >= 4 is 21.9 Å². The van der Waals surface area contributed by atoms with E-state index >= 15 is 0 Å². The summed E-state index contributed by atoms with van der Waals surface area (Å²) in [4.78, 5) is 15.0. The Hall–Kier alpha value is -1.83. The molecule has 0 spiro atoms. The van der Waals surface area contributed by atoms with Gasteiger partial charge >= 0.3 is 5.97 Å². The first kappa shape index (κ1) is 13.6. The van der Waals surface area contributed by atoms with Crippen LogP contribution < -0.4 is 0 Å². The minimum absolute atomic E-state index is 0.429. The van der Waals surface area contributed by atoms with Crippen molar-refractivity contribution in [3.63, 3.8) is 0 Å². The Bertz CT molecular complexity index is 586. The summed E-state index contributed by atoms with van der Waals surface area (Å²) < 4.78 is 2.35. The summed E-state index contributed by atoms with van der Waals surface area (Å²) in [6.45, 7) is 2.09. The largest absolute Gasteiger partial charge is 0.481 e. The molecule has 0 aliphatic heterocycles. The number of hydrogen-bond acceptors (Lipinski definition) is 5. The van der Waals surface area contributed by atoms with E-state index in [1.54, 1.807) is 23.9 Å². The molecule has 8 heteroatoms. The SMILES string of the molecule is CC(CCn1nnnc1-c1ncccc1Br)C(=O)O. The number of aromatic nitrogens is 5. The van der Waals surface area contributed by atoms with Crippen LogP contribution in [-0.2, 0) is 11.3 Å². The summed E-state index contributed by atoms with van der Waals surface area (Å²) in [5.41, 5.74) is 0.635. The van der Waals surface area contributed by atoms with Crippen LogP contribution in [0.15, 0.2) is 22.8 Å². The average Bonchev–Trinajstić information content (AvgIpc) is 2.84. The van der Waals surface area contributed by atoms with Crippen LogP contribution >= 0.6 is 15.9 Å². The molecule has 7 nitrogen and oxygen atoms in total. The second-order valence-corrected chi connectivity index (χ2v) is 4.94. The zero-order valence-electron chi connectivity index (χ0n) is 10.2. The summed E-state index contributed by atoms with van der Waals surface area (Å²) in [6, 6.07) is 3.65. The molecule has 0 fully saturated rings. The molecule has 0 bridgehead atoms. The average molecular weight is 326 g/mol. The third kappa shape index (κ3) is 3.14. The first-order chi connectivity index (χ1) is 9.09. The summed E-state index contributed by atoms with van der Waals surface area (Å²) in [7, 11) is 0. The number of carboxylic acids is 1. The topological polar surface area (TPSA) is 93.8 Å². The molecule has 1 unspecified atom stereocenters. The van der Waals surface area contributed by atoms with Gasteiger partial charge in [-0.1, -0.05) is 6.92 Å². The second-order valence-electron chi connectivity index (χ2n) is 4.09. The quantitative estimate of drug-likeness (QED) is 0.897. The maximum absolute atomic E-state index is 10.8. The molecule has 19 heavy (non-hydrogen) atoms. The third-order valence-electron chi connectivity index (χ3n) is 2.70. The van der Waals surface area contributed by atoms with E-state index in [2.05, 4.69) is 36.4 Å². The van der Waals surface area contributed by atoms with E-state index < -0.39 is 11.9 Å². The van der Waals surface area contributed by atoms with E-state index in [1.165, 1.54) is 0 Å². The van der Waals surface area contributed by atoms with Crippen LogP contribution in [-0.4, -0.2) is 36.3 Å². The fourth-order valence-corrected chi connectivity index (χ4v) is 1.95. The van der Waals surface area contributed by atoms with Gasteiger partial charge in [0.05, 0.1) is 5.92 Å². The van der Waals surface area contributed by atoms with Gasteiger partial charge in [-0.05, 0) is 44.9 Å². The van der Waals surface area contributed by atoms with Crippen LogP contribution in [0.1, 0.15) is 13.3 Å². The molecule has 1 N–H and O–H groups in total. The molecule has 0 aliphatic carbocycles. The summed E-state index contributed by atoms with van der Waals surface area (Å²) in [5, 5.41) is 20.3. The van der Waals surface area contributed by atoms with Crippen LogP contribution in [0.2, 0.25) is 0 Å². The molecular formula is C11H12BrN5O2. The van der Waals surface area contributed by atoms with Crippen LogP contribution in [0.3, 0.4) is 0 Å². The van der Waals surface area contributed by atoms with Crippen molar-refractivity contribution in [2.45, 2.75) is 19.9 Å². The molecule has 0 aromatic carbocycles. The maximum atomic E-state index is 10.8. The Kier molecular flexibility index (Phi) is 4.20. The molecule has 0 saturated heterocycles. The van der Waals surface area contributed by atoms with E-state index in [1.807, 2.05) is 6.07 Å². The van der Waals surface area contributed by atoms with Gasteiger partial charge in [0.1, 0.15) is 5.69 Å². The number of carbonyl (C=O) groups is 1. The van der Waals surface area contributed by atoms with E-state index in [9.17, 15) is 4.79 Å². The van der Waals surface area contributed by atoms with Gasteiger partial charge in [0.2, 0.25) is 5.82 Å². The molecule has 2 rings (SSSR count). The molecule has 2 aromatic heterocycles. The number of carboxylic acid groups (broad SMARTS) is 1. The zero-order valence-corrected chi connectivity index (χ0v) is 11.8. The predicted molar refractivity (Wildman–Crippen MR) is 70.2 cm³/mol. The Morgan fingerprint density at radius 1 is 1.58 bits per heavy atom. The number of rotatable bonds is 5. The maximum Gasteiger partial charge on any atom is 0.306 e. The van der Waals surface area contributed by atoms with Gasteiger partial charge in [-0.15, -0.1) is 5.10 Å². The van der Waals surface area contributed by atoms with Gasteiger partial charge in [0.15, 0.2) is 0 Å². The van der Waals surface area contributed by atoms with E-state index in [4.69, 9.17) is 5.11 Å². The molecule has 1 atom stereocenters. The lowest BCUT2D eigenvalue weighted by molar-refractivity contribution is -0.141. The molecule has 0 aliphatic rings. The van der Waals surface area contributed by atoms with Crippen LogP contribution in [0.4, 0.5) is 0 Å². The Morgan fingerprint density at radius 3 is 3.05 bits per heavy atom. The molecule has 2 heterocycles. The Labute approximate surface area is 117 Å². The second kappa shape index (κ2) is 5.87. The summed E-state index contributed by atoms with van der Waals surface area (Å²) >= 11 is 3.39. The highest BCUT2D eigenvalue weighted by Gasteiger charge is 2.16. The number of nitrogens with zero attached hydrogens (tertiary/aromatic N) is 5. The van der Waals surface area contributed by atoms with Crippen molar-refractivity contribution in [1.82, 2.24) is 25.2 Å². The van der Waals surface area contributed by atoms with E-state index in [-0.39, 0.29) is 0 Å². The summed E-state index contributed by atoms with van der Waals surface area (Å²) in [5.74, 6) is -0.747. The lowest BCUT2D eigenvalue weighted by atomic mass is 10.1. The monoisotopic (exact) mass is 325 g/mol. The van der Waals surface area contributed by atoms with Gasteiger partial charge in [0, 0.05) is 17.2 Å². The fourth-order valence-electron chi connectivity index (χ4n) is 1.51. The molecule has 0 saturated carbocycles. The van der Waals surface area contributed by atoms with Gasteiger partial charge in [-0.3, -0.25) is 9.78 Å². The fraction of sp³-hybridized carbons (Fsp3) is 0.364. The standard InChI is InChI=1S/C11H12BrN5O2/c1-7(11(18)19)4-6-17-10(14-15-16-17)9-8(12)3-2-5-13-9/h2-3,5,7H,4,6H2,1H3,(H,18,19). The lowest BCUT2D eigenvalue weighted by Crippen LogP contribution is -2.14. The molecule has 0 amide bonds. The highest BCUT2D eigenvalue weighted by Crippen LogP contribution is 2.23. The Balaban J connectivity index is 2.19. The number of aliphatic carboxylic acids is 1. The van der Waals surface area contributed by atoms with Crippen molar-refractivity contribution in [3.05, 3.63) is 22.8 Å². The van der Waals surface area contributed by atoms with Crippen LogP contribution in [0, 0.1) is 5.92 Å². The van der Waals surface area contributed by atoms with Crippen molar-refractivity contribution in [3.8, 4) is 11.5 Å². The van der Waals surface area contributed by atoms with Crippen molar-refractivity contribution in [2.24, 2.45) is 5.92 Å². The number of hydrogen-bond donors (Lipinski definition) is 1. The highest BCUT2D eigenvalue weighted by atomic mass is 79.9. The number of halogens is 1. The van der Waals surface area contributed by atoms with Crippen LogP contribution in [0.25, 0.3) is 11.5 Å². The van der Waals surface area contributed by atoms with E-state index in [0.717, 1.165) is 4.47 Å². The van der Waals surface area contributed by atoms with Crippen molar-refractivity contribution in [1.29, 1.82) is 0 Å². The normalized spacial score (nSPS) is 12.3. The minimum atomic E-state index is -0.825. The number of tetrazole rings is 1. The smallest absolute Gasteiger partial charge is 0.306 e. The van der Waals surface area contributed by atoms with Gasteiger partial charge in [0.25, 0.3) is 0 Å². The zero-order chi connectivity index (χ0) is 13.8. The predicted octanol–water partition coefficient (Wildman–Crippen LogP) is 1.61. The third-order valence-corrected chi connectivity index (χ3v) is 3.34. The number of pyridine rings is 1. The highest BCUT2D eigenvalue weighted by molar-refractivity contribution is 9.10. The van der Waals surface area contributed by atoms with Crippen LogP contribution in [0.5, 0.6) is 0 Å². The minimum Gasteiger partial charge on any atom is -0.481 e. The molecular weight excluding hydrogens is 314 g/mol. The molecule has 2 aromatic rings. The van der Waals surface area contributed by atoms with Gasteiger partial charge < -0.3 is 5.11 Å². The van der Waals surface area contributed by atoms with E-state index in [0.29, 0.717) is 24.5 Å². The summed E-state index contributed by atoms with van der Waals surface area (Å²) in [6.07, 6.45) is 2.11.